The van der Waals surface area contributed by atoms with Crippen LogP contribution in [0.15, 0.2) is 22.0 Å². The van der Waals surface area contributed by atoms with Crippen LogP contribution in [0.2, 0.25) is 0 Å². The molecular weight excluding hydrogens is 496 g/mol. The molecule has 2 amide bonds. The van der Waals surface area contributed by atoms with Gasteiger partial charge in [0.05, 0.1) is 31.1 Å². The number of hydrogen-bond acceptors (Lipinski definition) is 9. The van der Waals surface area contributed by atoms with Crippen LogP contribution in [0.1, 0.15) is 22.8 Å². The van der Waals surface area contributed by atoms with E-state index in [0.717, 1.165) is 31.7 Å². The summed E-state index contributed by atoms with van der Waals surface area (Å²) < 4.78 is 10.7. The first-order chi connectivity index (χ1) is 16.7. The summed E-state index contributed by atoms with van der Waals surface area (Å²) in [5.74, 6) is -3.36. The molecule has 7 atom stereocenters. The van der Waals surface area contributed by atoms with Crippen LogP contribution in [-0.4, -0.2) is 63.9 Å². The number of H-pyrrole nitrogens is 1. The van der Waals surface area contributed by atoms with Gasteiger partial charge in [-0.2, -0.15) is 0 Å². The molecule has 10 nitrogen and oxygen atoms in total. The molecule has 2 aliphatic carbocycles. The first kappa shape index (κ1) is 22.5. The predicted octanol–water partition coefficient (Wildman–Crippen LogP) is 1.72. The van der Waals surface area contributed by atoms with Gasteiger partial charge in [-0.3, -0.25) is 24.1 Å². The Morgan fingerprint density at radius 2 is 1.74 bits per heavy atom. The van der Waals surface area contributed by atoms with Crippen LogP contribution < -0.4 is 14.3 Å². The molecule has 2 aromatic rings. The average molecular weight is 519 g/mol. The Kier molecular flexibility index (Phi) is 4.98. The van der Waals surface area contributed by atoms with E-state index in [2.05, 4.69) is 4.98 Å². The first-order valence-corrected chi connectivity index (χ1v) is 12.9. The van der Waals surface area contributed by atoms with Crippen molar-refractivity contribution in [2.24, 2.45) is 29.6 Å². The number of thiazole rings is 1. The van der Waals surface area contributed by atoms with Crippen molar-refractivity contribution in [3.63, 3.8) is 0 Å². The van der Waals surface area contributed by atoms with Crippen molar-refractivity contribution in [1.29, 1.82) is 0 Å². The van der Waals surface area contributed by atoms with Gasteiger partial charge in [0.1, 0.15) is 6.54 Å². The monoisotopic (exact) mass is 518 g/mol. The molecule has 4 aliphatic rings. The third kappa shape index (κ3) is 3.02. The summed E-state index contributed by atoms with van der Waals surface area (Å²) in [6, 6.07) is 3.46. The number of likely N-dealkylation sites (tertiary alicyclic amines) is 1. The highest BCUT2D eigenvalue weighted by Crippen LogP contribution is 2.68. The number of carboxylic acid groups (broad SMARTS) is 1. The van der Waals surface area contributed by atoms with Crippen LogP contribution in [-0.2, 0) is 14.4 Å². The molecular formula is C23H22N2O8S2. The quantitative estimate of drug-likeness (QED) is 0.504. The summed E-state index contributed by atoms with van der Waals surface area (Å²) in [4.78, 5) is 54.5. The normalized spacial score (nSPS) is 32.4. The largest absolute Gasteiger partial charge is 0.502 e. The van der Waals surface area contributed by atoms with Crippen molar-refractivity contribution in [1.82, 2.24) is 9.88 Å². The third-order valence-electron chi connectivity index (χ3n) is 7.97. The van der Waals surface area contributed by atoms with E-state index in [1.807, 2.05) is 0 Å². The number of methoxy groups -OCH3 is 2. The zero-order chi connectivity index (χ0) is 24.8. The molecule has 1 aromatic carbocycles. The molecule has 1 aromatic heterocycles. The number of ether oxygens (including phenoxy) is 2. The maximum Gasteiger partial charge on any atom is 0.323 e. The third-order valence-corrected chi connectivity index (χ3v) is 10.6. The van der Waals surface area contributed by atoms with E-state index in [1.54, 1.807) is 23.9 Å². The minimum absolute atomic E-state index is 0.0312. The van der Waals surface area contributed by atoms with Gasteiger partial charge in [0.2, 0.25) is 17.6 Å². The van der Waals surface area contributed by atoms with Crippen LogP contribution in [0.25, 0.3) is 0 Å². The second-order valence-electron chi connectivity index (χ2n) is 9.39. The Bertz CT molecular complexity index is 1310. The van der Waals surface area contributed by atoms with Crippen molar-refractivity contribution in [2.45, 2.75) is 22.6 Å². The number of rotatable bonds is 5. The molecule has 0 spiro atoms. The lowest BCUT2D eigenvalue weighted by atomic mass is 9.68. The number of amides is 2. The lowest BCUT2D eigenvalue weighted by molar-refractivity contribution is -0.149. The lowest BCUT2D eigenvalue weighted by Gasteiger charge is -2.43. The lowest BCUT2D eigenvalue weighted by Crippen LogP contribution is -2.42. The van der Waals surface area contributed by atoms with Gasteiger partial charge in [-0.1, -0.05) is 11.3 Å². The Balaban J connectivity index is 1.48. The fourth-order valence-corrected chi connectivity index (χ4v) is 9.73. The number of thioether (sulfide) groups is 1. The van der Waals surface area contributed by atoms with Crippen LogP contribution in [0.4, 0.5) is 0 Å². The van der Waals surface area contributed by atoms with Gasteiger partial charge in [-0.25, -0.2) is 0 Å². The molecule has 0 unspecified atom stereocenters. The number of benzene rings is 1. The van der Waals surface area contributed by atoms with Crippen molar-refractivity contribution in [3.05, 3.63) is 32.2 Å². The molecule has 1 saturated heterocycles. The predicted molar refractivity (Wildman–Crippen MR) is 124 cm³/mol. The molecule has 184 valence electrons. The number of aromatic hydroxyl groups is 1. The number of phenolic OH excluding ortho intramolecular Hbond substituents is 1. The average Bonchev–Trinajstić information content (AvgIpc) is 3.55. The molecule has 0 radical (unpaired) electrons. The summed E-state index contributed by atoms with van der Waals surface area (Å²) in [6.07, 6.45) is 0.693. The van der Waals surface area contributed by atoms with Gasteiger partial charge in [-0.05, 0) is 41.9 Å². The van der Waals surface area contributed by atoms with E-state index in [9.17, 15) is 29.4 Å². The van der Waals surface area contributed by atoms with Crippen molar-refractivity contribution >= 4 is 40.9 Å². The zero-order valence-corrected chi connectivity index (χ0v) is 20.4. The van der Waals surface area contributed by atoms with E-state index in [4.69, 9.17) is 9.47 Å². The number of aliphatic carboxylic acids is 1. The highest BCUT2D eigenvalue weighted by molar-refractivity contribution is 8.00. The number of carbonyl (C=O) groups excluding carboxylic acids is 2. The summed E-state index contributed by atoms with van der Waals surface area (Å²) in [6.45, 7) is -0.622. The number of aromatic amines is 1. The number of phenols is 1. The maximum absolute atomic E-state index is 13.2. The summed E-state index contributed by atoms with van der Waals surface area (Å²) in [5.41, 5.74) is 0.784. The summed E-state index contributed by atoms with van der Waals surface area (Å²) in [5, 5.41) is 20.4. The van der Waals surface area contributed by atoms with E-state index in [1.165, 1.54) is 14.2 Å². The minimum atomic E-state index is -1.22. The van der Waals surface area contributed by atoms with Crippen LogP contribution in [0.3, 0.4) is 0 Å². The number of carboxylic acids is 1. The fourth-order valence-electron chi connectivity index (χ4n) is 6.84. The van der Waals surface area contributed by atoms with E-state index in [-0.39, 0.29) is 51.0 Å². The van der Waals surface area contributed by atoms with Crippen molar-refractivity contribution < 1.29 is 34.1 Å². The number of carbonyl (C=O) groups is 3. The molecule has 2 saturated carbocycles. The highest BCUT2D eigenvalue weighted by Gasteiger charge is 2.69. The minimum Gasteiger partial charge on any atom is -0.502 e. The number of aromatic nitrogens is 1. The highest BCUT2D eigenvalue weighted by atomic mass is 32.2. The summed E-state index contributed by atoms with van der Waals surface area (Å²) >= 11 is 2.66. The Labute approximate surface area is 207 Å². The molecule has 3 fully saturated rings. The SMILES string of the molecule is COc1cc([C@H]2c3sc(=O)[nH]c3S[C@@H]3[C@@H]4C[C@H]([C@H]5C(=O)N(CC(=O)O)C(=O)[C@H]45)[C@H]23)cc(OC)c1O. The van der Waals surface area contributed by atoms with Gasteiger partial charge in [0.25, 0.3) is 0 Å². The number of imide groups is 1. The molecule has 3 N–H and O–H groups in total. The topological polar surface area (TPSA) is 146 Å². The Morgan fingerprint density at radius 1 is 1.11 bits per heavy atom. The number of nitrogens with zero attached hydrogens (tertiary/aromatic N) is 1. The van der Waals surface area contributed by atoms with E-state index >= 15 is 0 Å². The standard InChI is InChI=1S/C23H22N2O8S2/c1-32-10-3-7(4-11(33-2)17(10)28)13-14-8-5-9(18(14)34-20-19(13)35-23(31)24-20)16-15(8)21(29)25(22(16)30)6-12(26)27/h3-4,8-9,13-16,18,28H,5-6H2,1-2H3,(H,24,31)(H,26,27)/t8-,9+,13+,14+,15+,16+,18+/m0/s1. The Morgan fingerprint density at radius 3 is 2.34 bits per heavy atom. The summed E-state index contributed by atoms with van der Waals surface area (Å²) in [7, 11) is 2.89. The van der Waals surface area contributed by atoms with E-state index in [0.29, 0.717) is 6.42 Å². The smallest absolute Gasteiger partial charge is 0.323 e. The van der Waals surface area contributed by atoms with Gasteiger partial charge >= 0.3 is 10.8 Å². The van der Waals surface area contributed by atoms with Crippen LogP contribution in [0, 0.1) is 29.6 Å². The number of hydrogen-bond donors (Lipinski definition) is 3. The van der Waals surface area contributed by atoms with E-state index < -0.39 is 36.2 Å². The van der Waals surface area contributed by atoms with Gasteiger partial charge in [0, 0.05) is 16.0 Å². The second kappa shape index (κ2) is 7.76. The van der Waals surface area contributed by atoms with Gasteiger partial charge in [-0.15, -0.1) is 11.8 Å². The molecule has 6 rings (SSSR count). The molecule has 12 heteroatoms. The molecule has 2 bridgehead atoms. The maximum atomic E-state index is 13.2. The van der Waals surface area contributed by atoms with Crippen molar-refractivity contribution in [2.75, 3.05) is 20.8 Å². The van der Waals surface area contributed by atoms with Crippen LogP contribution >= 0.6 is 23.1 Å². The van der Waals surface area contributed by atoms with Crippen molar-refractivity contribution in [3.8, 4) is 17.2 Å². The fraction of sp³-hybridized carbons (Fsp3) is 0.478. The van der Waals surface area contributed by atoms with Crippen LogP contribution in [0.5, 0.6) is 17.2 Å². The molecule has 2 aliphatic heterocycles. The Hall–Kier alpha value is -2.99. The second-order valence-corrected chi connectivity index (χ2v) is 11.6. The van der Waals surface area contributed by atoms with Gasteiger partial charge < -0.3 is 24.7 Å². The van der Waals surface area contributed by atoms with Gasteiger partial charge in [0.15, 0.2) is 11.5 Å². The number of fused-ring (bicyclic) bond motifs is 9. The number of nitrogens with one attached hydrogen (secondary N) is 1. The molecule has 3 heterocycles. The zero-order valence-electron chi connectivity index (χ0n) is 18.7. The first-order valence-electron chi connectivity index (χ1n) is 11.2. The molecule has 35 heavy (non-hydrogen) atoms.